The van der Waals surface area contributed by atoms with Crippen molar-refractivity contribution in [3.63, 3.8) is 0 Å². The van der Waals surface area contributed by atoms with E-state index in [2.05, 4.69) is 48.1 Å². The third kappa shape index (κ3) is 3.28. The van der Waals surface area contributed by atoms with Gasteiger partial charge in [0.2, 0.25) is 0 Å². The monoisotopic (exact) mass is 484 g/mol. The van der Waals surface area contributed by atoms with Crippen LogP contribution < -0.4 is 0 Å². The highest BCUT2D eigenvalue weighted by atomic mass is 16.5. The van der Waals surface area contributed by atoms with Gasteiger partial charge in [-0.3, -0.25) is 4.79 Å². The van der Waals surface area contributed by atoms with Gasteiger partial charge in [-0.1, -0.05) is 46.8 Å². The SMILES string of the molecule is C=C(C)[C@@H]1CC[C@@]2(CO)CC[C@@]3(C)[C@@H](CC[C@@H]4[C@]5(C)CC[C@H](OC(C)=O)C(C)(C)[C@@H]5CC[C@@]43C)[C@H]12. The first-order valence-electron chi connectivity index (χ1n) is 14.7. The molecule has 5 rings (SSSR count). The van der Waals surface area contributed by atoms with Gasteiger partial charge >= 0.3 is 5.97 Å². The van der Waals surface area contributed by atoms with Gasteiger partial charge in [-0.25, -0.2) is 0 Å². The Balaban J connectivity index is 1.51. The van der Waals surface area contributed by atoms with Crippen LogP contribution in [0.4, 0.5) is 0 Å². The van der Waals surface area contributed by atoms with E-state index in [0.717, 1.165) is 12.3 Å². The lowest BCUT2D eigenvalue weighted by Crippen LogP contribution is -2.67. The summed E-state index contributed by atoms with van der Waals surface area (Å²) in [6, 6.07) is 0. The van der Waals surface area contributed by atoms with E-state index in [-0.39, 0.29) is 22.9 Å². The van der Waals surface area contributed by atoms with E-state index >= 15 is 0 Å². The van der Waals surface area contributed by atoms with Gasteiger partial charge in [0.05, 0.1) is 0 Å². The van der Waals surface area contributed by atoms with Crippen LogP contribution in [-0.2, 0) is 9.53 Å². The van der Waals surface area contributed by atoms with Crippen LogP contribution in [0, 0.1) is 56.7 Å². The molecule has 0 unspecified atom stereocenters. The first kappa shape index (κ1) is 25.8. The molecular weight excluding hydrogens is 432 g/mol. The number of aliphatic hydroxyl groups excluding tert-OH is 1. The van der Waals surface area contributed by atoms with Crippen LogP contribution in [0.15, 0.2) is 12.2 Å². The molecule has 0 amide bonds. The molecule has 5 saturated carbocycles. The summed E-state index contributed by atoms with van der Waals surface area (Å²) in [5, 5.41) is 10.7. The summed E-state index contributed by atoms with van der Waals surface area (Å²) in [7, 11) is 0. The molecule has 10 atom stereocenters. The zero-order valence-corrected chi connectivity index (χ0v) is 23.7. The van der Waals surface area contributed by atoms with Crippen LogP contribution in [0.1, 0.15) is 113 Å². The molecule has 0 aliphatic heterocycles. The summed E-state index contributed by atoms with van der Waals surface area (Å²) in [6.45, 7) is 21.3. The first-order chi connectivity index (χ1) is 16.3. The van der Waals surface area contributed by atoms with Gasteiger partial charge in [-0.05, 0) is 122 Å². The minimum Gasteiger partial charge on any atom is -0.462 e. The van der Waals surface area contributed by atoms with E-state index < -0.39 is 0 Å². The largest absolute Gasteiger partial charge is 0.462 e. The molecule has 0 spiro atoms. The van der Waals surface area contributed by atoms with Crippen LogP contribution in [0.25, 0.3) is 0 Å². The number of rotatable bonds is 3. The van der Waals surface area contributed by atoms with Crippen molar-refractivity contribution in [2.75, 3.05) is 6.61 Å². The topological polar surface area (TPSA) is 46.5 Å². The highest BCUT2D eigenvalue weighted by molar-refractivity contribution is 5.66. The van der Waals surface area contributed by atoms with E-state index in [0.29, 0.717) is 46.5 Å². The number of hydrogen-bond donors (Lipinski definition) is 1. The van der Waals surface area contributed by atoms with Crippen molar-refractivity contribution in [3.8, 4) is 0 Å². The van der Waals surface area contributed by atoms with Crippen molar-refractivity contribution < 1.29 is 14.6 Å². The predicted octanol–water partition coefficient (Wildman–Crippen LogP) is 7.57. The van der Waals surface area contributed by atoms with E-state index in [9.17, 15) is 9.90 Å². The Morgan fingerprint density at radius 2 is 1.57 bits per heavy atom. The van der Waals surface area contributed by atoms with Crippen molar-refractivity contribution in [3.05, 3.63) is 12.2 Å². The number of aliphatic hydroxyl groups is 1. The molecule has 35 heavy (non-hydrogen) atoms. The molecule has 0 aromatic rings. The van der Waals surface area contributed by atoms with Gasteiger partial charge in [0.25, 0.3) is 0 Å². The summed E-state index contributed by atoms with van der Waals surface area (Å²) in [5.41, 5.74) is 2.45. The molecule has 0 saturated heterocycles. The summed E-state index contributed by atoms with van der Waals surface area (Å²) in [5.74, 6) is 3.07. The lowest BCUT2D eigenvalue weighted by molar-refractivity contribution is -0.251. The van der Waals surface area contributed by atoms with Crippen LogP contribution in [0.3, 0.4) is 0 Å². The third-order valence-electron chi connectivity index (χ3n) is 13.8. The number of esters is 1. The number of carbonyl (C=O) groups excluding carboxylic acids is 1. The summed E-state index contributed by atoms with van der Waals surface area (Å²) in [4.78, 5) is 11.9. The molecule has 0 aromatic heterocycles. The Morgan fingerprint density at radius 1 is 0.857 bits per heavy atom. The Kier molecular flexibility index (Phi) is 5.96. The highest BCUT2D eigenvalue weighted by Gasteiger charge is 2.71. The van der Waals surface area contributed by atoms with Crippen molar-refractivity contribution in [2.45, 2.75) is 119 Å². The lowest BCUT2D eigenvalue weighted by atomic mass is 9.32. The molecule has 0 aromatic carbocycles. The molecule has 1 N–H and O–H groups in total. The Morgan fingerprint density at radius 3 is 2.20 bits per heavy atom. The van der Waals surface area contributed by atoms with Gasteiger partial charge < -0.3 is 9.84 Å². The Hall–Kier alpha value is -0.830. The van der Waals surface area contributed by atoms with Crippen LogP contribution in [-0.4, -0.2) is 23.8 Å². The number of ether oxygens (including phenoxy) is 1. The Bertz CT molecular complexity index is 891. The molecule has 0 radical (unpaired) electrons. The van der Waals surface area contributed by atoms with Gasteiger partial charge in [0, 0.05) is 18.9 Å². The summed E-state index contributed by atoms with van der Waals surface area (Å²) in [6.07, 6.45) is 12.2. The molecule has 0 bridgehead atoms. The number of allylic oxidation sites excluding steroid dienone is 1. The quantitative estimate of drug-likeness (QED) is 0.332. The molecule has 0 heterocycles. The normalized spacial score (nSPS) is 52.5. The van der Waals surface area contributed by atoms with E-state index in [1.165, 1.54) is 63.4 Å². The number of carbonyl (C=O) groups is 1. The maximum Gasteiger partial charge on any atom is 0.302 e. The second-order valence-electron chi connectivity index (χ2n) is 15.2. The molecule has 198 valence electrons. The fraction of sp³-hybridized carbons (Fsp3) is 0.906. The van der Waals surface area contributed by atoms with Crippen LogP contribution in [0.2, 0.25) is 0 Å². The van der Waals surface area contributed by atoms with Crippen molar-refractivity contribution in [2.24, 2.45) is 56.7 Å². The fourth-order valence-electron chi connectivity index (χ4n) is 11.9. The molecule has 3 nitrogen and oxygen atoms in total. The maximum atomic E-state index is 11.9. The molecule has 5 aliphatic carbocycles. The van der Waals surface area contributed by atoms with Crippen molar-refractivity contribution in [1.82, 2.24) is 0 Å². The summed E-state index contributed by atoms with van der Waals surface area (Å²) < 4.78 is 5.90. The Labute approximate surface area is 214 Å². The second kappa shape index (κ2) is 8.08. The van der Waals surface area contributed by atoms with Crippen LogP contribution >= 0.6 is 0 Å². The van der Waals surface area contributed by atoms with E-state index in [1.54, 1.807) is 6.92 Å². The van der Waals surface area contributed by atoms with Gasteiger partial charge in [-0.2, -0.15) is 0 Å². The number of hydrogen-bond acceptors (Lipinski definition) is 3. The second-order valence-corrected chi connectivity index (χ2v) is 15.2. The first-order valence-corrected chi connectivity index (χ1v) is 14.7. The smallest absolute Gasteiger partial charge is 0.302 e. The predicted molar refractivity (Wildman–Crippen MR) is 142 cm³/mol. The fourth-order valence-corrected chi connectivity index (χ4v) is 11.9. The standard InChI is InChI=1S/C32H52O3/c1-20(2)22-11-16-32(19-33)18-17-30(7)23(27(22)32)9-10-25-29(6)14-13-26(35-21(3)34)28(4,5)24(29)12-15-31(25,30)8/h22-27,33H,1,9-19H2,2-8H3/t22-,23-,24-,25+,26-,27-,29+,30-,31-,32-/m0/s1. The molecule has 5 aliphatic rings. The van der Waals surface area contributed by atoms with Gasteiger partial charge in [-0.15, -0.1) is 0 Å². The van der Waals surface area contributed by atoms with Crippen molar-refractivity contribution in [1.29, 1.82) is 0 Å². The number of fused-ring (bicyclic) bond motifs is 7. The average Bonchev–Trinajstić information content (AvgIpc) is 3.16. The molecular formula is C32H52O3. The van der Waals surface area contributed by atoms with Gasteiger partial charge in [0.15, 0.2) is 0 Å². The zero-order chi connectivity index (χ0) is 25.6. The van der Waals surface area contributed by atoms with Crippen molar-refractivity contribution >= 4 is 5.97 Å². The third-order valence-corrected chi connectivity index (χ3v) is 13.8. The molecule has 3 heteroatoms. The lowest BCUT2D eigenvalue weighted by Gasteiger charge is -2.73. The average molecular weight is 485 g/mol. The molecule has 5 fully saturated rings. The highest BCUT2D eigenvalue weighted by Crippen LogP contribution is 2.77. The summed E-state index contributed by atoms with van der Waals surface area (Å²) >= 11 is 0. The van der Waals surface area contributed by atoms with E-state index in [4.69, 9.17) is 4.74 Å². The minimum atomic E-state index is -0.126. The van der Waals surface area contributed by atoms with Gasteiger partial charge in [0.1, 0.15) is 6.10 Å². The van der Waals surface area contributed by atoms with Crippen LogP contribution in [0.5, 0.6) is 0 Å². The van der Waals surface area contributed by atoms with E-state index in [1.807, 2.05) is 0 Å². The minimum absolute atomic E-state index is 0.0207. The maximum absolute atomic E-state index is 11.9. The zero-order valence-electron chi connectivity index (χ0n) is 23.7.